The van der Waals surface area contributed by atoms with E-state index in [2.05, 4.69) is 10.6 Å². The van der Waals surface area contributed by atoms with Crippen LogP contribution >= 0.6 is 0 Å². The molecule has 144 valence electrons. The molecule has 1 aromatic rings. The van der Waals surface area contributed by atoms with Gasteiger partial charge in [0.1, 0.15) is 11.8 Å². The number of aliphatic carboxylic acids is 1. The number of phenolic OH excluding ortho intramolecular Hbond substituents is 1. The number of carboxylic acid groups (broad SMARTS) is 1. The highest BCUT2D eigenvalue weighted by molar-refractivity contribution is 5.87. The van der Waals surface area contributed by atoms with Gasteiger partial charge in [-0.2, -0.15) is 0 Å². The van der Waals surface area contributed by atoms with Crippen molar-refractivity contribution in [3.05, 3.63) is 29.8 Å². The average molecular weight is 366 g/mol. The van der Waals surface area contributed by atoms with Crippen molar-refractivity contribution in [1.29, 1.82) is 0 Å². The van der Waals surface area contributed by atoms with E-state index in [1.807, 2.05) is 13.8 Å². The maximum absolute atomic E-state index is 12.3. The Labute approximate surface area is 152 Å². The van der Waals surface area contributed by atoms with Crippen molar-refractivity contribution < 1.29 is 29.7 Å². The van der Waals surface area contributed by atoms with Crippen LogP contribution in [0.3, 0.4) is 0 Å². The largest absolute Gasteiger partial charge is 0.508 e. The molecule has 0 fully saturated rings. The van der Waals surface area contributed by atoms with Gasteiger partial charge in [-0.3, -0.25) is 9.59 Å². The third kappa shape index (κ3) is 7.10. The molecule has 0 saturated heterocycles. The van der Waals surface area contributed by atoms with Gasteiger partial charge in [-0.05, 0) is 36.5 Å². The lowest BCUT2D eigenvalue weighted by Crippen LogP contribution is -2.54. The number of hydrogen-bond donors (Lipinski definition) is 5. The number of phenols is 1. The molecule has 0 aliphatic rings. The number of aliphatic hydroxyl groups is 1. The van der Waals surface area contributed by atoms with Crippen LogP contribution in [0.4, 0.5) is 0 Å². The molecule has 2 amide bonds. The van der Waals surface area contributed by atoms with Gasteiger partial charge in [0.2, 0.25) is 5.91 Å². The number of aromatic hydroxyl groups is 1. The lowest BCUT2D eigenvalue weighted by Gasteiger charge is -2.25. The first-order valence-electron chi connectivity index (χ1n) is 8.36. The zero-order valence-corrected chi connectivity index (χ0v) is 15.1. The molecular formula is C18H26N2O6. The van der Waals surface area contributed by atoms with Crippen molar-refractivity contribution in [2.75, 3.05) is 0 Å². The number of rotatable bonds is 9. The third-order valence-corrected chi connectivity index (χ3v) is 3.75. The summed E-state index contributed by atoms with van der Waals surface area (Å²) >= 11 is 0. The van der Waals surface area contributed by atoms with Crippen LogP contribution < -0.4 is 10.6 Å². The number of amides is 2. The zero-order chi connectivity index (χ0) is 19.9. The van der Waals surface area contributed by atoms with E-state index in [9.17, 15) is 29.7 Å². The summed E-state index contributed by atoms with van der Waals surface area (Å²) < 4.78 is 0. The molecule has 26 heavy (non-hydrogen) atoms. The second-order valence-corrected chi connectivity index (χ2v) is 6.65. The van der Waals surface area contributed by atoms with Gasteiger partial charge >= 0.3 is 5.97 Å². The molecule has 0 aromatic heterocycles. The molecule has 0 saturated carbocycles. The first-order valence-corrected chi connectivity index (χ1v) is 8.36. The van der Waals surface area contributed by atoms with Crippen LogP contribution in [-0.4, -0.2) is 51.3 Å². The molecule has 0 spiro atoms. The Bertz CT molecular complexity index is 629. The summed E-state index contributed by atoms with van der Waals surface area (Å²) in [5.41, 5.74) is 0.686. The Kier molecular flexibility index (Phi) is 8.05. The monoisotopic (exact) mass is 366 g/mol. The lowest BCUT2D eigenvalue weighted by atomic mass is 9.99. The van der Waals surface area contributed by atoms with E-state index in [0.717, 1.165) is 0 Å². The Balaban J connectivity index is 2.87. The smallest absolute Gasteiger partial charge is 0.326 e. The van der Waals surface area contributed by atoms with Crippen LogP contribution in [0.2, 0.25) is 0 Å². The van der Waals surface area contributed by atoms with Crippen molar-refractivity contribution in [3.63, 3.8) is 0 Å². The lowest BCUT2D eigenvalue weighted by molar-refractivity contribution is -0.144. The van der Waals surface area contributed by atoms with Gasteiger partial charge in [0.25, 0.3) is 5.91 Å². The summed E-state index contributed by atoms with van der Waals surface area (Å²) in [5, 5.41) is 33.7. The number of benzene rings is 1. The van der Waals surface area contributed by atoms with Crippen LogP contribution in [0, 0.1) is 5.92 Å². The molecule has 8 heteroatoms. The molecular weight excluding hydrogens is 340 g/mol. The summed E-state index contributed by atoms with van der Waals surface area (Å²) in [5.74, 6) is -2.38. The molecule has 5 N–H and O–H groups in total. The molecule has 3 atom stereocenters. The predicted octanol–water partition coefficient (Wildman–Crippen LogP) is 0.416. The number of carbonyl (C=O) groups is 3. The Morgan fingerprint density at radius 3 is 2.12 bits per heavy atom. The fraction of sp³-hybridized carbons (Fsp3) is 0.500. The SMILES string of the molecule is CC(=O)N[C@H](Cc1ccc(O)cc1)[C@H](O)C(=O)N[C@@H](CC(C)C)C(=O)O. The summed E-state index contributed by atoms with van der Waals surface area (Å²) in [6.07, 6.45) is -1.27. The van der Waals surface area contributed by atoms with Gasteiger partial charge in [-0.15, -0.1) is 0 Å². The highest BCUT2D eigenvalue weighted by Crippen LogP contribution is 2.13. The van der Waals surface area contributed by atoms with Crippen molar-refractivity contribution in [3.8, 4) is 5.75 Å². The van der Waals surface area contributed by atoms with Crippen molar-refractivity contribution in [2.24, 2.45) is 5.92 Å². The fourth-order valence-electron chi connectivity index (χ4n) is 2.52. The third-order valence-electron chi connectivity index (χ3n) is 3.75. The van der Waals surface area contributed by atoms with Crippen molar-refractivity contribution in [2.45, 2.75) is 51.8 Å². The Morgan fingerprint density at radius 2 is 1.65 bits per heavy atom. The van der Waals surface area contributed by atoms with Gasteiger partial charge in [-0.25, -0.2) is 4.79 Å². The van der Waals surface area contributed by atoms with Crippen molar-refractivity contribution >= 4 is 17.8 Å². The van der Waals surface area contributed by atoms with E-state index >= 15 is 0 Å². The minimum atomic E-state index is -1.62. The number of nitrogens with one attached hydrogen (secondary N) is 2. The fourth-order valence-corrected chi connectivity index (χ4v) is 2.52. The molecule has 1 aromatic carbocycles. The first kappa shape index (κ1) is 21.4. The standard InChI is InChI=1S/C18H26N2O6/c1-10(2)8-15(18(25)26)20-17(24)16(23)14(19-11(3)21)9-12-4-6-13(22)7-5-12/h4-7,10,14-16,22-23H,8-9H2,1-3H3,(H,19,21)(H,20,24)(H,25,26)/t14-,15+,16+/m1/s1. The zero-order valence-electron chi connectivity index (χ0n) is 15.1. The van der Waals surface area contributed by atoms with Gasteiger partial charge in [0.15, 0.2) is 6.10 Å². The van der Waals surface area contributed by atoms with E-state index in [0.29, 0.717) is 5.56 Å². The summed E-state index contributed by atoms with van der Waals surface area (Å²) in [4.78, 5) is 35.0. The van der Waals surface area contributed by atoms with E-state index < -0.39 is 36.0 Å². The minimum absolute atomic E-state index is 0.0386. The molecule has 8 nitrogen and oxygen atoms in total. The molecule has 0 aliphatic heterocycles. The number of carboxylic acids is 1. The first-order chi connectivity index (χ1) is 12.1. The molecule has 0 heterocycles. The predicted molar refractivity (Wildman–Crippen MR) is 94.4 cm³/mol. The number of hydrogen-bond acceptors (Lipinski definition) is 5. The van der Waals surface area contributed by atoms with Gasteiger partial charge in [0.05, 0.1) is 6.04 Å². The maximum atomic E-state index is 12.3. The Morgan fingerprint density at radius 1 is 1.08 bits per heavy atom. The van der Waals surface area contributed by atoms with Crippen LogP contribution in [0.15, 0.2) is 24.3 Å². The normalized spacial score (nSPS) is 14.3. The number of aliphatic hydroxyl groups excluding tert-OH is 1. The summed E-state index contributed by atoms with van der Waals surface area (Å²) in [7, 11) is 0. The second kappa shape index (κ2) is 9.76. The van der Waals surface area contributed by atoms with Crippen LogP contribution in [0.5, 0.6) is 5.75 Å². The van der Waals surface area contributed by atoms with Gasteiger partial charge in [0, 0.05) is 6.92 Å². The van der Waals surface area contributed by atoms with Gasteiger partial charge in [-0.1, -0.05) is 26.0 Å². The summed E-state index contributed by atoms with van der Waals surface area (Å²) in [6, 6.07) is 4.06. The Hall–Kier alpha value is -2.61. The molecule has 0 unspecified atom stereocenters. The molecule has 0 aliphatic carbocycles. The highest BCUT2D eigenvalue weighted by Gasteiger charge is 2.30. The topological polar surface area (TPSA) is 136 Å². The summed E-state index contributed by atoms with van der Waals surface area (Å²) in [6.45, 7) is 4.90. The van der Waals surface area contributed by atoms with E-state index in [4.69, 9.17) is 0 Å². The van der Waals surface area contributed by atoms with E-state index in [1.54, 1.807) is 12.1 Å². The maximum Gasteiger partial charge on any atom is 0.326 e. The minimum Gasteiger partial charge on any atom is -0.508 e. The average Bonchev–Trinajstić information content (AvgIpc) is 2.53. The number of carbonyl (C=O) groups excluding carboxylic acids is 2. The van der Waals surface area contributed by atoms with Crippen LogP contribution in [0.25, 0.3) is 0 Å². The molecule has 1 rings (SSSR count). The van der Waals surface area contributed by atoms with E-state index in [-0.39, 0.29) is 24.5 Å². The van der Waals surface area contributed by atoms with Crippen LogP contribution in [-0.2, 0) is 20.8 Å². The van der Waals surface area contributed by atoms with E-state index in [1.165, 1.54) is 19.1 Å². The highest BCUT2D eigenvalue weighted by atomic mass is 16.4. The quantitative estimate of drug-likeness (QED) is 0.430. The van der Waals surface area contributed by atoms with Crippen molar-refractivity contribution in [1.82, 2.24) is 10.6 Å². The molecule has 0 radical (unpaired) electrons. The van der Waals surface area contributed by atoms with Gasteiger partial charge < -0.3 is 26.0 Å². The second-order valence-electron chi connectivity index (χ2n) is 6.65. The van der Waals surface area contributed by atoms with Crippen LogP contribution in [0.1, 0.15) is 32.8 Å². The molecule has 0 bridgehead atoms.